The summed E-state index contributed by atoms with van der Waals surface area (Å²) in [5, 5.41) is 4.91. The predicted molar refractivity (Wildman–Crippen MR) is 95.6 cm³/mol. The average molecular weight is 393 g/mol. The standard InChI is InChI=1S/C17H17BrN2O2S/c18-12-3-1-4-13(11-12)20-9-7-15(17(20)22)16(21)19-8-6-14-5-2-10-23-14/h1-5,10-11,15H,6-9H2,(H,19,21)/t15-/m0/s1. The molecule has 2 amide bonds. The fraction of sp³-hybridized carbons (Fsp3) is 0.294. The minimum Gasteiger partial charge on any atom is -0.355 e. The van der Waals surface area contributed by atoms with E-state index in [1.807, 2.05) is 41.8 Å². The van der Waals surface area contributed by atoms with Crippen molar-refractivity contribution >= 4 is 44.8 Å². The van der Waals surface area contributed by atoms with Crippen molar-refractivity contribution in [1.29, 1.82) is 0 Å². The van der Waals surface area contributed by atoms with Gasteiger partial charge in [0, 0.05) is 28.1 Å². The van der Waals surface area contributed by atoms with Gasteiger partial charge in [0.25, 0.3) is 0 Å². The monoisotopic (exact) mass is 392 g/mol. The molecule has 0 saturated carbocycles. The van der Waals surface area contributed by atoms with E-state index in [-0.39, 0.29) is 11.8 Å². The van der Waals surface area contributed by atoms with Crippen LogP contribution in [0.2, 0.25) is 0 Å². The molecule has 1 fully saturated rings. The second kappa shape index (κ2) is 7.27. The molecule has 6 heteroatoms. The van der Waals surface area contributed by atoms with Crippen molar-refractivity contribution in [3.8, 4) is 0 Å². The lowest BCUT2D eigenvalue weighted by Gasteiger charge is -2.17. The first-order valence-corrected chi connectivity index (χ1v) is 9.19. The number of hydrogen-bond donors (Lipinski definition) is 1. The third kappa shape index (κ3) is 3.82. The van der Waals surface area contributed by atoms with E-state index in [2.05, 4.69) is 21.2 Å². The topological polar surface area (TPSA) is 49.4 Å². The third-order valence-corrected chi connectivity index (χ3v) is 5.32. The number of hydrogen-bond acceptors (Lipinski definition) is 3. The molecule has 120 valence electrons. The van der Waals surface area contributed by atoms with E-state index in [0.29, 0.717) is 19.5 Å². The lowest BCUT2D eigenvalue weighted by Crippen LogP contribution is -2.37. The smallest absolute Gasteiger partial charge is 0.239 e. The van der Waals surface area contributed by atoms with Crippen molar-refractivity contribution in [2.75, 3.05) is 18.0 Å². The number of anilines is 1. The molecule has 0 spiro atoms. The molecule has 0 aliphatic carbocycles. The summed E-state index contributed by atoms with van der Waals surface area (Å²) in [6, 6.07) is 11.6. The van der Waals surface area contributed by atoms with Crippen LogP contribution in [0.25, 0.3) is 0 Å². The molecule has 1 aromatic heterocycles. The number of benzene rings is 1. The maximum absolute atomic E-state index is 12.5. The van der Waals surface area contributed by atoms with Gasteiger partial charge in [-0.1, -0.05) is 28.1 Å². The summed E-state index contributed by atoms with van der Waals surface area (Å²) in [5.41, 5.74) is 0.832. The third-order valence-electron chi connectivity index (χ3n) is 3.89. The van der Waals surface area contributed by atoms with Crippen LogP contribution in [0, 0.1) is 5.92 Å². The lowest BCUT2D eigenvalue weighted by molar-refractivity contribution is -0.132. The number of nitrogens with one attached hydrogen (secondary N) is 1. The molecule has 0 unspecified atom stereocenters. The Morgan fingerprint density at radius 1 is 1.35 bits per heavy atom. The van der Waals surface area contributed by atoms with Crippen LogP contribution in [0.1, 0.15) is 11.3 Å². The minimum absolute atomic E-state index is 0.114. The van der Waals surface area contributed by atoms with Crippen molar-refractivity contribution < 1.29 is 9.59 Å². The number of carbonyl (C=O) groups is 2. The van der Waals surface area contributed by atoms with Crippen LogP contribution in [-0.2, 0) is 16.0 Å². The maximum Gasteiger partial charge on any atom is 0.239 e. The van der Waals surface area contributed by atoms with Gasteiger partial charge in [0.1, 0.15) is 5.92 Å². The molecule has 3 rings (SSSR count). The highest BCUT2D eigenvalue weighted by Gasteiger charge is 2.37. The fourth-order valence-corrected chi connectivity index (χ4v) is 3.81. The van der Waals surface area contributed by atoms with Crippen LogP contribution in [0.3, 0.4) is 0 Å². The van der Waals surface area contributed by atoms with Crippen LogP contribution in [0.5, 0.6) is 0 Å². The number of carbonyl (C=O) groups excluding carboxylic acids is 2. The van der Waals surface area contributed by atoms with Gasteiger partial charge < -0.3 is 10.2 Å². The molecule has 2 heterocycles. The van der Waals surface area contributed by atoms with Crippen LogP contribution in [0.15, 0.2) is 46.3 Å². The van der Waals surface area contributed by atoms with Gasteiger partial charge in [-0.25, -0.2) is 0 Å². The zero-order valence-electron chi connectivity index (χ0n) is 12.5. The molecule has 1 N–H and O–H groups in total. The van der Waals surface area contributed by atoms with Crippen molar-refractivity contribution in [2.45, 2.75) is 12.8 Å². The first kappa shape index (κ1) is 16.2. The molecule has 0 bridgehead atoms. The molecular formula is C17H17BrN2O2S. The van der Waals surface area contributed by atoms with Gasteiger partial charge in [0.15, 0.2) is 0 Å². The highest BCUT2D eigenvalue weighted by atomic mass is 79.9. The van der Waals surface area contributed by atoms with Crippen molar-refractivity contribution in [3.63, 3.8) is 0 Å². The van der Waals surface area contributed by atoms with Crippen LogP contribution in [0.4, 0.5) is 5.69 Å². The lowest BCUT2D eigenvalue weighted by atomic mass is 10.1. The Balaban J connectivity index is 1.56. The summed E-state index contributed by atoms with van der Waals surface area (Å²) in [6.07, 6.45) is 1.37. The van der Waals surface area contributed by atoms with Gasteiger partial charge in [0.2, 0.25) is 11.8 Å². The second-order valence-corrected chi connectivity index (χ2v) is 7.38. The van der Waals surface area contributed by atoms with Crippen molar-refractivity contribution in [1.82, 2.24) is 5.32 Å². The Hall–Kier alpha value is -1.66. The maximum atomic E-state index is 12.5. The van der Waals surface area contributed by atoms with E-state index in [0.717, 1.165) is 16.6 Å². The van der Waals surface area contributed by atoms with Crippen molar-refractivity contribution in [3.05, 3.63) is 51.1 Å². The molecule has 1 saturated heterocycles. The summed E-state index contributed by atoms with van der Waals surface area (Å²) in [7, 11) is 0. The number of amides is 2. The summed E-state index contributed by atoms with van der Waals surface area (Å²) in [5.74, 6) is -0.849. The van der Waals surface area contributed by atoms with Gasteiger partial charge >= 0.3 is 0 Å². The minimum atomic E-state index is -0.572. The van der Waals surface area contributed by atoms with E-state index in [1.165, 1.54) is 4.88 Å². The summed E-state index contributed by atoms with van der Waals surface area (Å²) in [6.45, 7) is 1.15. The summed E-state index contributed by atoms with van der Waals surface area (Å²) >= 11 is 5.09. The fourth-order valence-electron chi connectivity index (χ4n) is 2.71. The molecule has 1 aromatic carbocycles. The molecule has 23 heavy (non-hydrogen) atoms. The van der Waals surface area contributed by atoms with Gasteiger partial charge in [0.05, 0.1) is 0 Å². The number of nitrogens with zero attached hydrogens (tertiary/aromatic N) is 1. The first-order chi connectivity index (χ1) is 11.1. The summed E-state index contributed by atoms with van der Waals surface area (Å²) in [4.78, 5) is 27.7. The zero-order valence-corrected chi connectivity index (χ0v) is 14.9. The largest absolute Gasteiger partial charge is 0.355 e. The van der Waals surface area contributed by atoms with Crippen molar-refractivity contribution in [2.24, 2.45) is 5.92 Å². The SMILES string of the molecule is O=C(NCCc1cccs1)[C@@H]1CCN(c2cccc(Br)c2)C1=O. The highest BCUT2D eigenvalue weighted by Crippen LogP contribution is 2.27. The van der Waals surface area contributed by atoms with E-state index in [9.17, 15) is 9.59 Å². The van der Waals surface area contributed by atoms with Crippen LogP contribution < -0.4 is 10.2 Å². The van der Waals surface area contributed by atoms with Crippen LogP contribution in [-0.4, -0.2) is 24.9 Å². The van der Waals surface area contributed by atoms with E-state index < -0.39 is 5.92 Å². The Labute approximate surface area is 147 Å². The quantitative estimate of drug-likeness (QED) is 0.794. The summed E-state index contributed by atoms with van der Waals surface area (Å²) < 4.78 is 0.923. The van der Waals surface area contributed by atoms with E-state index in [4.69, 9.17) is 0 Å². The Morgan fingerprint density at radius 3 is 2.96 bits per heavy atom. The van der Waals surface area contributed by atoms with Gasteiger partial charge in [-0.05, 0) is 42.5 Å². The molecule has 2 aromatic rings. The van der Waals surface area contributed by atoms with Gasteiger partial charge in [-0.3, -0.25) is 9.59 Å². The van der Waals surface area contributed by atoms with E-state index >= 15 is 0 Å². The molecule has 0 radical (unpaired) electrons. The van der Waals surface area contributed by atoms with E-state index in [1.54, 1.807) is 16.2 Å². The Morgan fingerprint density at radius 2 is 2.22 bits per heavy atom. The Kier molecular flexibility index (Phi) is 5.13. The van der Waals surface area contributed by atoms with Crippen LogP contribution >= 0.6 is 27.3 Å². The predicted octanol–water partition coefficient (Wildman–Crippen LogP) is 3.22. The normalized spacial score (nSPS) is 17.5. The average Bonchev–Trinajstić information content (AvgIpc) is 3.17. The second-order valence-electron chi connectivity index (χ2n) is 5.43. The molecular weight excluding hydrogens is 376 g/mol. The number of halogens is 1. The zero-order chi connectivity index (χ0) is 16.2. The number of rotatable bonds is 5. The molecule has 1 aliphatic heterocycles. The molecule has 1 atom stereocenters. The molecule has 1 aliphatic rings. The van der Waals surface area contributed by atoms with Gasteiger partial charge in [-0.15, -0.1) is 11.3 Å². The highest BCUT2D eigenvalue weighted by molar-refractivity contribution is 9.10. The Bertz CT molecular complexity index is 702. The number of thiophene rings is 1. The first-order valence-electron chi connectivity index (χ1n) is 7.52. The molecule has 4 nitrogen and oxygen atoms in total. The van der Waals surface area contributed by atoms with Gasteiger partial charge in [-0.2, -0.15) is 0 Å².